The van der Waals surface area contributed by atoms with E-state index in [-0.39, 0.29) is 11.1 Å². The second-order valence-electron chi connectivity index (χ2n) is 7.94. The zero-order valence-corrected chi connectivity index (χ0v) is 18.9. The fraction of sp³-hybridized carbons (Fsp3) is 0.435. The summed E-state index contributed by atoms with van der Waals surface area (Å²) >= 11 is 0. The number of aromatic hydroxyl groups is 1. The summed E-state index contributed by atoms with van der Waals surface area (Å²) in [6.07, 6.45) is 4.63. The first kappa shape index (κ1) is 26.9. The molecule has 9 nitrogen and oxygen atoms in total. The van der Waals surface area contributed by atoms with Gasteiger partial charge in [-0.05, 0) is 69.4 Å². The van der Waals surface area contributed by atoms with Crippen LogP contribution in [0, 0.1) is 20.8 Å². The molecule has 2 aromatic rings. The first-order chi connectivity index (χ1) is 14.6. The number of phenols is 1. The normalized spacial score (nSPS) is 16.5. The van der Waals surface area contributed by atoms with Crippen LogP contribution >= 0.6 is 0 Å². The number of carboxylic acids is 2. The quantitative estimate of drug-likeness (QED) is 0.399. The first-order valence-corrected chi connectivity index (χ1v) is 10.1. The van der Waals surface area contributed by atoms with Gasteiger partial charge in [-0.2, -0.15) is 0 Å². The van der Waals surface area contributed by atoms with Crippen LogP contribution in [0.3, 0.4) is 0 Å². The van der Waals surface area contributed by atoms with E-state index in [0.29, 0.717) is 5.75 Å². The highest BCUT2D eigenvalue weighted by atomic mass is 16.5. The van der Waals surface area contributed by atoms with Crippen LogP contribution < -0.4 is 10.1 Å². The molecular formula is C23H32N2O7. The number of phenolic OH excluding ortho intramolecular Hbond substituents is 1. The number of nitrogens with one attached hydrogen (secondary N) is 1. The van der Waals surface area contributed by atoms with Gasteiger partial charge >= 0.3 is 11.9 Å². The molecule has 0 aliphatic carbocycles. The predicted octanol–water partition coefficient (Wildman–Crippen LogP) is 1.96. The molecule has 0 saturated carbocycles. The van der Waals surface area contributed by atoms with Gasteiger partial charge in [-0.25, -0.2) is 9.59 Å². The zero-order chi connectivity index (χ0) is 23.2. The van der Waals surface area contributed by atoms with Crippen molar-refractivity contribution in [1.82, 2.24) is 10.3 Å². The molecule has 1 aliphatic rings. The number of rotatable bonds is 5. The SMILES string of the molecule is Cc1c(C)c2c(c(C)c1O)CCC(C)(CNCCc1ccccn1)O2.O.O=C(O)C(=O)O. The number of carbonyl (C=O) groups is 2. The summed E-state index contributed by atoms with van der Waals surface area (Å²) in [5, 5.41) is 28.6. The second-order valence-corrected chi connectivity index (χ2v) is 7.94. The Morgan fingerprint density at radius 2 is 1.78 bits per heavy atom. The molecule has 0 radical (unpaired) electrons. The number of pyridine rings is 1. The van der Waals surface area contributed by atoms with Crippen molar-refractivity contribution in [2.24, 2.45) is 0 Å². The van der Waals surface area contributed by atoms with Crippen molar-refractivity contribution < 1.29 is 35.1 Å². The van der Waals surface area contributed by atoms with Gasteiger partial charge in [0.25, 0.3) is 0 Å². The van der Waals surface area contributed by atoms with Crippen LogP contribution in [0.1, 0.15) is 41.3 Å². The van der Waals surface area contributed by atoms with E-state index < -0.39 is 11.9 Å². The smallest absolute Gasteiger partial charge is 0.414 e. The third-order valence-corrected chi connectivity index (χ3v) is 5.56. The van der Waals surface area contributed by atoms with Gasteiger partial charge in [0.15, 0.2) is 0 Å². The molecule has 9 heteroatoms. The van der Waals surface area contributed by atoms with Gasteiger partial charge in [-0.15, -0.1) is 0 Å². The molecule has 2 heterocycles. The number of hydrogen-bond donors (Lipinski definition) is 4. The molecule has 176 valence electrons. The fourth-order valence-corrected chi connectivity index (χ4v) is 3.53. The average molecular weight is 449 g/mol. The largest absolute Gasteiger partial charge is 0.507 e. The Morgan fingerprint density at radius 3 is 2.34 bits per heavy atom. The third-order valence-electron chi connectivity index (χ3n) is 5.56. The van der Waals surface area contributed by atoms with E-state index in [2.05, 4.69) is 23.3 Å². The molecule has 1 aromatic heterocycles. The zero-order valence-electron chi connectivity index (χ0n) is 18.9. The van der Waals surface area contributed by atoms with E-state index in [1.165, 1.54) is 0 Å². The number of carboxylic acid groups (broad SMARTS) is 2. The third kappa shape index (κ3) is 6.66. The van der Waals surface area contributed by atoms with Crippen molar-refractivity contribution in [2.45, 2.75) is 52.6 Å². The van der Waals surface area contributed by atoms with Crippen LogP contribution in [0.5, 0.6) is 11.5 Å². The van der Waals surface area contributed by atoms with E-state index in [9.17, 15) is 5.11 Å². The van der Waals surface area contributed by atoms with Crippen molar-refractivity contribution in [2.75, 3.05) is 13.1 Å². The number of benzene rings is 1. The lowest BCUT2D eigenvalue weighted by atomic mass is 9.87. The molecule has 3 rings (SSSR count). The van der Waals surface area contributed by atoms with E-state index in [1.807, 2.05) is 39.1 Å². The monoisotopic (exact) mass is 448 g/mol. The molecule has 0 fully saturated rings. The lowest BCUT2D eigenvalue weighted by molar-refractivity contribution is -0.159. The highest BCUT2D eigenvalue weighted by molar-refractivity contribution is 6.27. The number of nitrogens with zero attached hydrogens (tertiary/aromatic N) is 1. The molecular weight excluding hydrogens is 416 g/mol. The van der Waals surface area contributed by atoms with Crippen LogP contribution in [0.25, 0.3) is 0 Å². The van der Waals surface area contributed by atoms with Crippen LogP contribution in [0.15, 0.2) is 24.4 Å². The van der Waals surface area contributed by atoms with E-state index in [4.69, 9.17) is 24.5 Å². The number of aromatic nitrogens is 1. The molecule has 6 N–H and O–H groups in total. The number of aliphatic carboxylic acids is 2. The summed E-state index contributed by atoms with van der Waals surface area (Å²) in [6, 6.07) is 6.02. The minimum atomic E-state index is -1.82. The molecule has 32 heavy (non-hydrogen) atoms. The molecule has 0 amide bonds. The van der Waals surface area contributed by atoms with Crippen molar-refractivity contribution in [3.05, 3.63) is 52.3 Å². The van der Waals surface area contributed by atoms with Gasteiger partial charge in [-0.3, -0.25) is 4.98 Å². The maximum atomic E-state index is 10.3. The standard InChI is InChI=1S/C21H28N2O2.C2H2O4.H2O/c1-14-15(2)20-18(16(3)19(14)24)8-10-21(4,25-20)13-22-12-9-17-7-5-6-11-23-17;3-1(4)2(5)6;/h5-7,11,22,24H,8-10,12-13H2,1-4H3;(H,3,4)(H,5,6);1H2. The summed E-state index contributed by atoms with van der Waals surface area (Å²) in [5.74, 6) is -2.27. The molecule has 1 aromatic carbocycles. The van der Waals surface area contributed by atoms with Crippen molar-refractivity contribution in [3.8, 4) is 11.5 Å². The van der Waals surface area contributed by atoms with Crippen LogP contribution in [-0.4, -0.2) is 56.4 Å². The summed E-state index contributed by atoms with van der Waals surface area (Å²) in [4.78, 5) is 22.6. The first-order valence-electron chi connectivity index (χ1n) is 10.1. The summed E-state index contributed by atoms with van der Waals surface area (Å²) < 4.78 is 6.43. The fourth-order valence-electron chi connectivity index (χ4n) is 3.53. The Morgan fingerprint density at radius 1 is 1.12 bits per heavy atom. The molecule has 0 spiro atoms. The van der Waals surface area contributed by atoms with Crippen LogP contribution in [0.2, 0.25) is 0 Å². The predicted molar refractivity (Wildman–Crippen MR) is 119 cm³/mol. The van der Waals surface area contributed by atoms with Crippen LogP contribution in [-0.2, 0) is 22.4 Å². The summed E-state index contributed by atoms with van der Waals surface area (Å²) in [7, 11) is 0. The van der Waals surface area contributed by atoms with Crippen molar-refractivity contribution >= 4 is 11.9 Å². The van der Waals surface area contributed by atoms with Gasteiger partial charge in [0.2, 0.25) is 0 Å². The number of ether oxygens (including phenoxy) is 1. The molecule has 1 unspecified atom stereocenters. The number of hydrogen-bond acceptors (Lipinski definition) is 6. The maximum absolute atomic E-state index is 10.3. The lowest BCUT2D eigenvalue weighted by Gasteiger charge is -2.38. The summed E-state index contributed by atoms with van der Waals surface area (Å²) in [6.45, 7) is 9.83. The van der Waals surface area contributed by atoms with E-state index in [1.54, 1.807) is 0 Å². The highest BCUT2D eigenvalue weighted by Gasteiger charge is 2.34. The Labute approximate surface area is 187 Å². The Bertz CT molecular complexity index is 935. The minimum Gasteiger partial charge on any atom is -0.507 e. The summed E-state index contributed by atoms with van der Waals surface area (Å²) in [5.41, 5.74) is 4.97. The van der Waals surface area contributed by atoms with Gasteiger partial charge in [0, 0.05) is 37.0 Å². The molecule has 1 aliphatic heterocycles. The topological polar surface area (TPSA) is 160 Å². The van der Waals surface area contributed by atoms with Gasteiger partial charge in [0.1, 0.15) is 17.1 Å². The Balaban J connectivity index is 0.000000648. The van der Waals surface area contributed by atoms with Gasteiger partial charge in [0.05, 0.1) is 0 Å². The van der Waals surface area contributed by atoms with E-state index >= 15 is 0 Å². The maximum Gasteiger partial charge on any atom is 0.414 e. The van der Waals surface area contributed by atoms with Crippen LogP contribution in [0.4, 0.5) is 0 Å². The van der Waals surface area contributed by atoms with E-state index in [0.717, 1.165) is 66.0 Å². The average Bonchev–Trinajstić information content (AvgIpc) is 2.75. The second kappa shape index (κ2) is 11.4. The van der Waals surface area contributed by atoms with Gasteiger partial charge in [-0.1, -0.05) is 6.07 Å². The number of fused-ring (bicyclic) bond motifs is 1. The molecule has 0 bridgehead atoms. The Kier molecular flexibility index (Phi) is 9.61. The Hall–Kier alpha value is -3.17. The van der Waals surface area contributed by atoms with Crippen molar-refractivity contribution in [3.63, 3.8) is 0 Å². The highest BCUT2D eigenvalue weighted by Crippen LogP contribution is 2.43. The molecule has 0 saturated heterocycles. The van der Waals surface area contributed by atoms with Gasteiger partial charge < -0.3 is 30.8 Å². The molecule has 1 atom stereocenters. The van der Waals surface area contributed by atoms with Crippen molar-refractivity contribution in [1.29, 1.82) is 0 Å². The minimum absolute atomic E-state index is 0. The lowest BCUT2D eigenvalue weighted by Crippen LogP contribution is -2.46.